The molecule has 18 heavy (non-hydrogen) atoms. The molecule has 0 aromatic heterocycles. The van der Waals surface area contributed by atoms with Crippen molar-refractivity contribution in [3.05, 3.63) is 34.9 Å². The zero-order valence-corrected chi connectivity index (χ0v) is 11.8. The maximum absolute atomic E-state index is 11.7. The van der Waals surface area contributed by atoms with Crippen molar-refractivity contribution in [1.29, 1.82) is 0 Å². The Morgan fingerprint density at radius 1 is 1.22 bits per heavy atom. The largest absolute Gasteiger partial charge is 0.350 e. The highest BCUT2D eigenvalue weighted by Gasteiger charge is 2.10. The second-order valence-corrected chi connectivity index (χ2v) is 5.23. The van der Waals surface area contributed by atoms with E-state index in [1.807, 2.05) is 13.8 Å². The average molecular weight is 248 g/mol. The number of hydrogen-bond donors (Lipinski definition) is 2. The van der Waals surface area contributed by atoms with E-state index in [4.69, 9.17) is 5.73 Å². The summed E-state index contributed by atoms with van der Waals surface area (Å²) in [6.07, 6.45) is 1.22. The van der Waals surface area contributed by atoms with Crippen LogP contribution in [-0.2, 0) is 4.79 Å². The Balaban J connectivity index is 2.59. The first-order valence-electron chi connectivity index (χ1n) is 6.51. The smallest absolute Gasteiger partial charge is 0.220 e. The van der Waals surface area contributed by atoms with Crippen molar-refractivity contribution in [2.24, 2.45) is 5.73 Å². The minimum Gasteiger partial charge on any atom is -0.350 e. The number of hydrogen-bond acceptors (Lipinski definition) is 2. The molecule has 3 heteroatoms. The highest BCUT2D eigenvalue weighted by molar-refractivity contribution is 5.76. The lowest BCUT2D eigenvalue weighted by atomic mass is 10.0. The summed E-state index contributed by atoms with van der Waals surface area (Å²) in [5.74, 6) is 0.0685. The molecule has 0 saturated carbocycles. The van der Waals surface area contributed by atoms with Crippen molar-refractivity contribution in [3.63, 3.8) is 0 Å². The van der Waals surface area contributed by atoms with Crippen molar-refractivity contribution >= 4 is 5.91 Å². The molecule has 2 unspecified atom stereocenters. The number of amides is 1. The summed E-state index contributed by atoms with van der Waals surface area (Å²) in [5.41, 5.74) is 9.24. The van der Waals surface area contributed by atoms with Crippen molar-refractivity contribution in [2.45, 2.75) is 52.6 Å². The summed E-state index contributed by atoms with van der Waals surface area (Å²) in [6, 6.07) is 6.48. The van der Waals surface area contributed by atoms with Crippen LogP contribution in [0.25, 0.3) is 0 Å². The van der Waals surface area contributed by atoms with E-state index in [0.717, 1.165) is 12.0 Å². The van der Waals surface area contributed by atoms with Crippen LogP contribution >= 0.6 is 0 Å². The van der Waals surface area contributed by atoms with Crippen molar-refractivity contribution in [2.75, 3.05) is 0 Å². The molecule has 0 aliphatic carbocycles. The summed E-state index contributed by atoms with van der Waals surface area (Å²) < 4.78 is 0. The van der Waals surface area contributed by atoms with Crippen LogP contribution in [-0.4, -0.2) is 11.9 Å². The Morgan fingerprint density at radius 3 is 2.28 bits per heavy atom. The van der Waals surface area contributed by atoms with Gasteiger partial charge in [-0.1, -0.05) is 29.3 Å². The number of nitrogens with two attached hydrogens (primary N) is 1. The maximum atomic E-state index is 11.7. The van der Waals surface area contributed by atoms with E-state index < -0.39 is 0 Å². The Bertz CT molecular complexity index is 393. The van der Waals surface area contributed by atoms with E-state index in [1.54, 1.807) is 0 Å². The SMILES string of the molecule is Cc1cc(C)cc(C(C)NC(=O)CCC(C)N)c1. The van der Waals surface area contributed by atoms with Gasteiger partial charge in [-0.2, -0.15) is 0 Å². The monoisotopic (exact) mass is 248 g/mol. The van der Waals surface area contributed by atoms with Gasteiger partial charge < -0.3 is 11.1 Å². The standard InChI is InChI=1S/C15H24N2O/c1-10-7-11(2)9-14(8-10)13(4)17-15(18)6-5-12(3)16/h7-9,12-13H,5-6,16H2,1-4H3,(H,17,18). The van der Waals surface area contributed by atoms with Crippen molar-refractivity contribution in [1.82, 2.24) is 5.32 Å². The van der Waals surface area contributed by atoms with Gasteiger partial charge in [-0.25, -0.2) is 0 Å². The fourth-order valence-electron chi connectivity index (χ4n) is 2.02. The van der Waals surface area contributed by atoms with Gasteiger partial charge in [-0.15, -0.1) is 0 Å². The first kappa shape index (κ1) is 14.7. The van der Waals surface area contributed by atoms with E-state index in [-0.39, 0.29) is 18.0 Å². The number of nitrogens with one attached hydrogen (secondary N) is 1. The van der Waals surface area contributed by atoms with Crippen LogP contribution in [0.3, 0.4) is 0 Å². The molecule has 3 nitrogen and oxygen atoms in total. The normalized spacial score (nSPS) is 14.1. The minimum atomic E-state index is 0.0455. The quantitative estimate of drug-likeness (QED) is 0.841. The topological polar surface area (TPSA) is 55.1 Å². The Hall–Kier alpha value is -1.35. The fraction of sp³-hybridized carbons (Fsp3) is 0.533. The van der Waals surface area contributed by atoms with E-state index in [1.165, 1.54) is 11.1 Å². The van der Waals surface area contributed by atoms with E-state index in [0.29, 0.717) is 6.42 Å². The highest BCUT2D eigenvalue weighted by atomic mass is 16.1. The Morgan fingerprint density at radius 2 is 1.78 bits per heavy atom. The predicted octanol–water partition coefficient (Wildman–Crippen LogP) is 2.61. The van der Waals surface area contributed by atoms with Crippen molar-refractivity contribution in [3.8, 4) is 0 Å². The third-order valence-corrected chi connectivity index (χ3v) is 2.95. The van der Waals surface area contributed by atoms with Gasteiger partial charge in [0, 0.05) is 12.5 Å². The molecule has 1 amide bonds. The number of carbonyl (C=O) groups excluding carboxylic acids is 1. The highest BCUT2D eigenvalue weighted by Crippen LogP contribution is 2.16. The molecule has 1 aromatic carbocycles. The molecule has 0 radical (unpaired) electrons. The summed E-state index contributed by atoms with van der Waals surface area (Å²) in [7, 11) is 0. The van der Waals surface area contributed by atoms with Crippen LogP contribution in [0.1, 0.15) is 49.4 Å². The van der Waals surface area contributed by atoms with Gasteiger partial charge in [-0.3, -0.25) is 4.79 Å². The molecule has 1 aromatic rings. The third kappa shape index (κ3) is 4.88. The van der Waals surface area contributed by atoms with Crippen LogP contribution in [0.15, 0.2) is 18.2 Å². The number of benzene rings is 1. The lowest BCUT2D eigenvalue weighted by Crippen LogP contribution is -2.28. The van der Waals surface area contributed by atoms with Gasteiger partial charge in [0.1, 0.15) is 0 Å². The lowest BCUT2D eigenvalue weighted by molar-refractivity contribution is -0.121. The zero-order chi connectivity index (χ0) is 13.7. The molecule has 0 bridgehead atoms. The molecule has 0 aliphatic rings. The molecule has 0 heterocycles. The molecule has 2 atom stereocenters. The molecule has 100 valence electrons. The number of rotatable bonds is 5. The van der Waals surface area contributed by atoms with E-state index in [2.05, 4.69) is 37.4 Å². The molecule has 3 N–H and O–H groups in total. The number of carbonyl (C=O) groups is 1. The number of aryl methyl sites for hydroxylation is 2. The molecular formula is C15H24N2O. The van der Waals surface area contributed by atoms with Gasteiger partial charge in [-0.05, 0) is 39.7 Å². The molecule has 0 fully saturated rings. The first-order chi connectivity index (χ1) is 8.38. The summed E-state index contributed by atoms with van der Waals surface area (Å²) in [5, 5.41) is 3.01. The van der Waals surface area contributed by atoms with Crippen LogP contribution in [0, 0.1) is 13.8 Å². The second-order valence-electron chi connectivity index (χ2n) is 5.23. The molecule has 0 aliphatic heterocycles. The summed E-state index contributed by atoms with van der Waals surface area (Å²) in [6.45, 7) is 8.07. The van der Waals surface area contributed by atoms with E-state index in [9.17, 15) is 4.79 Å². The van der Waals surface area contributed by atoms with Crippen LogP contribution in [0.2, 0.25) is 0 Å². The van der Waals surface area contributed by atoms with Gasteiger partial charge >= 0.3 is 0 Å². The maximum Gasteiger partial charge on any atom is 0.220 e. The minimum absolute atomic E-state index is 0.0455. The zero-order valence-electron chi connectivity index (χ0n) is 11.8. The molecular weight excluding hydrogens is 224 g/mol. The van der Waals surface area contributed by atoms with E-state index >= 15 is 0 Å². The molecule has 0 spiro atoms. The predicted molar refractivity (Wildman–Crippen MR) is 75.4 cm³/mol. The third-order valence-electron chi connectivity index (χ3n) is 2.95. The fourth-order valence-corrected chi connectivity index (χ4v) is 2.02. The average Bonchev–Trinajstić information content (AvgIpc) is 2.25. The summed E-state index contributed by atoms with van der Waals surface area (Å²) >= 11 is 0. The molecule has 1 rings (SSSR count). The Kier molecular flexibility index (Phi) is 5.35. The van der Waals surface area contributed by atoms with Crippen LogP contribution in [0.5, 0.6) is 0 Å². The van der Waals surface area contributed by atoms with Crippen LogP contribution < -0.4 is 11.1 Å². The van der Waals surface area contributed by atoms with Gasteiger partial charge in [0.25, 0.3) is 0 Å². The van der Waals surface area contributed by atoms with Crippen molar-refractivity contribution < 1.29 is 4.79 Å². The van der Waals surface area contributed by atoms with Gasteiger partial charge in [0.2, 0.25) is 5.91 Å². The Labute approximate surface area is 110 Å². The molecule has 0 saturated heterocycles. The lowest BCUT2D eigenvalue weighted by Gasteiger charge is -2.16. The van der Waals surface area contributed by atoms with Gasteiger partial charge in [0.15, 0.2) is 0 Å². The van der Waals surface area contributed by atoms with Crippen LogP contribution in [0.4, 0.5) is 0 Å². The second kappa shape index (κ2) is 6.55. The summed E-state index contributed by atoms with van der Waals surface area (Å²) in [4.78, 5) is 11.7. The first-order valence-corrected chi connectivity index (χ1v) is 6.51. The van der Waals surface area contributed by atoms with Gasteiger partial charge in [0.05, 0.1) is 6.04 Å².